The molecule has 15 heavy (non-hydrogen) atoms. The van der Waals surface area contributed by atoms with Gasteiger partial charge in [-0.3, -0.25) is 0 Å². The number of H-pyrrole nitrogens is 1. The van der Waals surface area contributed by atoms with Crippen LogP contribution < -0.4 is 0 Å². The van der Waals surface area contributed by atoms with Gasteiger partial charge in [0.05, 0.1) is 4.47 Å². The second-order valence-corrected chi connectivity index (χ2v) is 4.07. The number of hydrogen-bond acceptors (Lipinski definition) is 1. The van der Waals surface area contributed by atoms with E-state index in [9.17, 15) is 9.50 Å². The van der Waals surface area contributed by atoms with E-state index >= 15 is 0 Å². The Labute approximate surface area is 94.9 Å². The lowest BCUT2D eigenvalue weighted by molar-refractivity contribution is 0.220. The number of benzene rings is 1. The van der Waals surface area contributed by atoms with E-state index in [1.807, 2.05) is 0 Å². The van der Waals surface area contributed by atoms with Crippen molar-refractivity contribution >= 4 is 15.9 Å². The van der Waals surface area contributed by atoms with Gasteiger partial charge in [0, 0.05) is 18.0 Å². The summed E-state index contributed by atoms with van der Waals surface area (Å²) in [6, 6.07) is 6.25. The van der Waals surface area contributed by atoms with E-state index in [4.69, 9.17) is 0 Å². The summed E-state index contributed by atoms with van der Waals surface area (Å²) in [5.74, 6) is -0.333. The summed E-state index contributed by atoms with van der Waals surface area (Å²) in [5.41, 5.74) is 1.41. The van der Waals surface area contributed by atoms with Crippen LogP contribution in [-0.4, -0.2) is 10.1 Å². The normalized spacial score (nSPS) is 12.7. The molecule has 0 saturated carbocycles. The van der Waals surface area contributed by atoms with Crippen molar-refractivity contribution in [3.05, 3.63) is 58.1 Å². The molecule has 1 heterocycles. The van der Waals surface area contributed by atoms with Gasteiger partial charge in [-0.25, -0.2) is 4.39 Å². The molecule has 78 valence electrons. The van der Waals surface area contributed by atoms with Crippen LogP contribution in [0.2, 0.25) is 0 Å². The Morgan fingerprint density at radius 2 is 2.07 bits per heavy atom. The number of aliphatic hydroxyl groups is 1. The Hall–Kier alpha value is -1.13. The molecular weight excluding hydrogens is 261 g/mol. The number of aromatic nitrogens is 1. The van der Waals surface area contributed by atoms with Crippen molar-refractivity contribution in [2.75, 3.05) is 0 Å². The number of aromatic amines is 1. The second kappa shape index (κ2) is 4.16. The predicted molar refractivity (Wildman–Crippen MR) is 59.0 cm³/mol. The summed E-state index contributed by atoms with van der Waals surface area (Å²) in [7, 11) is 0. The summed E-state index contributed by atoms with van der Waals surface area (Å²) < 4.78 is 13.3. The molecule has 2 nitrogen and oxygen atoms in total. The van der Waals surface area contributed by atoms with Crippen molar-refractivity contribution in [2.45, 2.75) is 6.10 Å². The minimum Gasteiger partial charge on any atom is -0.384 e. The van der Waals surface area contributed by atoms with Crippen molar-refractivity contribution < 1.29 is 9.50 Å². The van der Waals surface area contributed by atoms with Gasteiger partial charge in [-0.05, 0) is 39.7 Å². The molecule has 2 N–H and O–H groups in total. The van der Waals surface area contributed by atoms with Crippen LogP contribution in [-0.2, 0) is 0 Å². The molecule has 0 saturated heterocycles. The van der Waals surface area contributed by atoms with Crippen molar-refractivity contribution in [1.29, 1.82) is 0 Å². The summed E-state index contributed by atoms with van der Waals surface area (Å²) in [4.78, 5) is 2.86. The lowest BCUT2D eigenvalue weighted by Crippen LogP contribution is -1.98. The van der Waals surface area contributed by atoms with Crippen LogP contribution in [0.3, 0.4) is 0 Å². The van der Waals surface area contributed by atoms with Gasteiger partial charge in [-0.2, -0.15) is 0 Å². The number of aliphatic hydroxyl groups excluding tert-OH is 1. The van der Waals surface area contributed by atoms with Gasteiger partial charge in [0.1, 0.15) is 11.9 Å². The summed E-state index contributed by atoms with van der Waals surface area (Å²) in [6.45, 7) is 0. The average Bonchev–Trinajstić information content (AvgIpc) is 2.74. The van der Waals surface area contributed by atoms with Crippen LogP contribution in [0.25, 0.3) is 0 Å². The Kier molecular flexibility index (Phi) is 2.88. The molecule has 0 spiro atoms. The smallest absolute Gasteiger partial charge is 0.137 e. The van der Waals surface area contributed by atoms with Gasteiger partial charge in [-0.1, -0.05) is 6.07 Å². The van der Waals surface area contributed by atoms with Gasteiger partial charge in [-0.15, -0.1) is 0 Å². The molecule has 1 atom stereocenters. The highest BCUT2D eigenvalue weighted by Gasteiger charge is 2.12. The SMILES string of the molecule is OC(c1cc[nH]c1)c1ccc(F)c(Br)c1. The summed E-state index contributed by atoms with van der Waals surface area (Å²) in [6.07, 6.45) is 2.71. The maximum absolute atomic E-state index is 13.0. The lowest BCUT2D eigenvalue weighted by atomic mass is 10.0. The third kappa shape index (κ3) is 2.11. The fourth-order valence-electron chi connectivity index (χ4n) is 1.38. The number of hydrogen-bond donors (Lipinski definition) is 2. The fourth-order valence-corrected chi connectivity index (χ4v) is 1.78. The molecular formula is C11H9BrFNO. The van der Waals surface area contributed by atoms with Crippen molar-refractivity contribution in [3.63, 3.8) is 0 Å². The third-order valence-electron chi connectivity index (χ3n) is 2.20. The molecule has 0 amide bonds. The Bertz CT molecular complexity index is 456. The van der Waals surface area contributed by atoms with Crippen LogP contribution >= 0.6 is 15.9 Å². The Balaban J connectivity index is 2.34. The molecule has 4 heteroatoms. The maximum atomic E-state index is 13.0. The van der Waals surface area contributed by atoms with E-state index in [0.717, 1.165) is 5.56 Å². The van der Waals surface area contributed by atoms with Crippen LogP contribution in [0.1, 0.15) is 17.2 Å². The van der Waals surface area contributed by atoms with Crippen LogP contribution in [0.4, 0.5) is 4.39 Å². The largest absolute Gasteiger partial charge is 0.384 e. The van der Waals surface area contributed by atoms with Gasteiger partial charge in [0.25, 0.3) is 0 Å². The zero-order valence-electron chi connectivity index (χ0n) is 7.74. The van der Waals surface area contributed by atoms with Crippen LogP contribution in [0.15, 0.2) is 41.1 Å². The summed E-state index contributed by atoms with van der Waals surface area (Å²) in [5, 5.41) is 9.93. The molecule has 2 rings (SSSR count). The summed E-state index contributed by atoms with van der Waals surface area (Å²) >= 11 is 3.08. The standard InChI is InChI=1S/C11H9BrFNO/c12-9-5-7(1-2-10(9)13)11(15)8-3-4-14-6-8/h1-6,11,14-15H. The number of rotatable bonds is 2. The molecule has 0 aliphatic rings. The van der Waals surface area contributed by atoms with Crippen molar-refractivity contribution in [1.82, 2.24) is 4.98 Å². The molecule has 0 aliphatic carbocycles. The predicted octanol–water partition coefficient (Wildman–Crippen LogP) is 3.00. The first-order valence-electron chi connectivity index (χ1n) is 4.44. The quantitative estimate of drug-likeness (QED) is 0.864. The third-order valence-corrected chi connectivity index (χ3v) is 2.80. The van der Waals surface area contributed by atoms with E-state index in [1.54, 1.807) is 30.6 Å². The zero-order chi connectivity index (χ0) is 10.8. The van der Waals surface area contributed by atoms with Gasteiger partial charge in [0.2, 0.25) is 0 Å². The average molecular weight is 270 g/mol. The highest BCUT2D eigenvalue weighted by Crippen LogP contribution is 2.25. The first-order valence-corrected chi connectivity index (χ1v) is 5.23. The van der Waals surface area contributed by atoms with Crippen molar-refractivity contribution in [2.24, 2.45) is 0 Å². The molecule has 1 unspecified atom stereocenters. The molecule has 1 aromatic heterocycles. The second-order valence-electron chi connectivity index (χ2n) is 3.22. The molecule has 1 aromatic carbocycles. The Morgan fingerprint density at radius 1 is 1.27 bits per heavy atom. The minimum absolute atomic E-state index is 0.333. The van der Waals surface area contributed by atoms with E-state index in [1.165, 1.54) is 6.07 Å². The maximum Gasteiger partial charge on any atom is 0.137 e. The zero-order valence-corrected chi connectivity index (χ0v) is 9.33. The Morgan fingerprint density at radius 3 is 2.67 bits per heavy atom. The minimum atomic E-state index is -0.729. The molecule has 0 radical (unpaired) electrons. The fraction of sp³-hybridized carbons (Fsp3) is 0.0909. The highest BCUT2D eigenvalue weighted by atomic mass is 79.9. The molecule has 2 aromatic rings. The van der Waals surface area contributed by atoms with Gasteiger partial charge >= 0.3 is 0 Å². The molecule has 0 bridgehead atoms. The van der Waals surface area contributed by atoms with Crippen LogP contribution in [0.5, 0.6) is 0 Å². The molecule has 0 fully saturated rings. The first-order chi connectivity index (χ1) is 7.18. The van der Waals surface area contributed by atoms with E-state index in [0.29, 0.717) is 10.0 Å². The van der Waals surface area contributed by atoms with E-state index < -0.39 is 6.10 Å². The van der Waals surface area contributed by atoms with Crippen molar-refractivity contribution in [3.8, 4) is 0 Å². The molecule has 0 aliphatic heterocycles. The van der Waals surface area contributed by atoms with Gasteiger partial charge < -0.3 is 10.1 Å². The first kappa shape index (κ1) is 10.4. The number of halogens is 2. The van der Waals surface area contributed by atoms with Crippen LogP contribution in [0, 0.1) is 5.82 Å². The lowest BCUT2D eigenvalue weighted by Gasteiger charge is -2.09. The van der Waals surface area contributed by atoms with Gasteiger partial charge in [0.15, 0.2) is 0 Å². The monoisotopic (exact) mass is 269 g/mol. The highest BCUT2D eigenvalue weighted by molar-refractivity contribution is 9.10. The topological polar surface area (TPSA) is 36.0 Å². The van der Waals surface area contributed by atoms with E-state index in [2.05, 4.69) is 20.9 Å². The van der Waals surface area contributed by atoms with E-state index in [-0.39, 0.29) is 5.82 Å². The number of nitrogens with one attached hydrogen (secondary N) is 1.